The molecular weight excluding hydrogens is 260 g/mol. The van der Waals surface area contributed by atoms with Gasteiger partial charge in [0.1, 0.15) is 0 Å². The van der Waals surface area contributed by atoms with Gasteiger partial charge in [-0.1, -0.05) is 12.5 Å². The van der Waals surface area contributed by atoms with Gasteiger partial charge < -0.3 is 15.3 Å². The first-order valence-corrected chi connectivity index (χ1v) is 6.56. The standard InChI is InChI=1S/C14H18N2O4/c1-16-11-7-6-9(8-12(11)20-14(16)19)10(15)4-2-3-5-13(17)18/h6-8,10H,2-5,15H2,1H3,(H,17,18). The van der Waals surface area contributed by atoms with Crippen molar-refractivity contribution in [3.8, 4) is 0 Å². The van der Waals surface area contributed by atoms with Crippen LogP contribution in [0.2, 0.25) is 0 Å². The normalized spacial score (nSPS) is 12.7. The molecule has 6 heteroatoms. The summed E-state index contributed by atoms with van der Waals surface area (Å²) in [5.41, 5.74) is 8.22. The van der Waals surface area contributed by atoms with Crippen molar-refractivity contribution in [1.82, 2.24) is 4.57 Å². The van der Waals surface area contributed by atoms with Crippen molar-refractivity contribution < 1.29 is 14.3 Å². The molecule has 1 atom stereocenters. The van der Waals surface area contributed by atoms with E-state index in [4.69, 9.17) is 15.3 Å². The lowest BCUT2D eigenvalue weighted by molar-refractivity contribution is -0.137. The Bertz CT molecular complexity index is 671. The van der Waals surface area contributed by atoms with Gasteiger partial charge in [0.2, 0.25) is 0 Å². The molecule has 0 aliphatic carbocycles. The van der Waals surface area contributed by atoms with Crippen molar-refractivity contribution in [2.45, 2.75) is 31.7 Å². The highest BCUT2D eigenvalue weighted by atomic mass is 16.4. The zero-order valence-corrected chi connectivity index (χ0v) is 11.3. The molecule has 0 bridgehead atoms. The maximum atomic E-state index is 11.4. The molecule has 1 aromatic heterocycles. The van der Waals surface area contributed by atoms with Gasteiger partial charge in [0, 0.05) is 19.5 Å². The molecule has 6 nitrogen and oxygen atoms in total. The SMILES string of the molecule is Cn1c(=O)oc2cc(C(N)CCCCC(=O)O)ccc21. The number of nitrogens with two attached hydrogens (primary N) is 1. The molecule has 0 saturated heterocycles. The Hall–Kier alpha value is -2.08. The highest BCUT2D eigenvalue weighted by Gasteiger charge is 2.11. The maximum absolute atomic E-state index is 11.4. The molecule has 0 radical (unpaired) electrons. The van der Waals surface area contributed by atoms with Gasteiger partial charge in [-0.05, 0) is 30.5 Å². The van der Waals surface area contributed by atoms with Gasteiger partial charge in [-0.3, -0.25) is 9.36 Å². The number of carboxylic acids is 1. The molecule has 1 heterocycles. The average Bonchev–Trinajstić information content (AvgIpc) is 2.69. The van der Waals surface area contributed by atoms with E-state index in [-0.39, 0.29) is 12.5 Å². The second kappa shape index (κ2) is 5.92. The third kappa shape index (κ3) is 3.08. The van der Waals surface area contributed by atoms with E-state index in [1.54, 1.807) is 13.1 Å². The number of unbranched alkanes of at least 4 members (excludes halogenated alkanes) is 1. The van der Waals surface area contributed by atoms with Crippen molar-refractivity contribution in [1.29, 1.82) is 0 Å². The Morgan fingerprint density at radius 3 is 2.90 bits per heavy atom. The fraction of sp³-hybridized carbons (Fsp3) is 0.429. The van der Waals surface area contributed by atoms with E-state index in [1.807, 2.05) is 12.1 Å². The molecule has 1 unspecified atom stereocenters. The van der Waals surface area contributed by atoms with Crippen LogP contribution in [-0.4, -0.2) is 15.6 Å². The number of rotatable bonds is 6. The minimum absolute atomic E-state index is 0.166. The summed E-state index contributed by atoms with van der Waals surface area (Å²) in [7, 11) is 1.65. The number of oxazole rings is 1. The number of benzene rings is 1. The van der Waals surface area contributed by atoms with Gasteiger partial charge in [-0.2, -0.15) is 0 Å². The fourth-order valence-electron chi connectivity index (χ4n) is 2.19. The summed E-state index contributed by atoms with van der Waals surface area (Å²) < 4.78 is 6.56. The van der Waals surface area contributed by atoms with Gasteiger partial charge in [0.25, 0.3) is 0 Å². The van der Waals surface area contributed by atoms with Crippen LogP contribution in [0.3, 0.4) is 0 Å². The Morgan fingerprint density at radius 1 is 1.45 bits per heavy atom. The van der Waals surface area contributed by atoms with Gasteiger partial charge in [-0.15, -0.1) is 0 Å². The minimum atomic E-state index is -0.786. The summed E-state index contributed by atoms with van der Waals surface area (Å²) in [5.74, 6) is -1.18. The molecule has 0 saturated carbocycles. The van der Waals surface area contributed by atoms with Crippen molar-refractivity contribution >= 4 is 17.1 Å². The molecule has 0 fully saturated rings. The second-order valence-corrected chi connectivity index (χ2v) is 4.90. The van der Waals surface area contributed by atoms with E-state index in [0.717, 1.165) is 17.5 Å². The third-order valence-electron chi connectivity index (χ3n) is 3.40. The van der Waals surface area contributed by atoms with Gasteiger partial charge in [0.15, 0.2) is 5.58 Å². The summed E-state index contributed by atoms with van der Waals surface area (Å²) in [4.78, 5) is 21.8. The number of aliphatic carboxylic acids is 1. The van der Waals surface area contributed by atoms with Crippen LogP contribution in [0.15, 0.2) is 27.4 Å². The van der Waals surface area contributed by atoms with Crippen LogP contribution in [-0.2, 0) is 11.8 Å². The zero-order chi connectivity index (χ0) is 14.7. The molecule has 0 amide bonds. The Labute approximate surface area is 115 Å². The summed E-state index contributed by atoms with van der Waals surface area (Å²) in [5, 5.41) is 8.57. The van der Waals surface area contributed by atoms with Crippen LogP contribution in [0, 0.1) is 0 Å². The summed E-state index contributed by atoms with van der Waals surface area (Å²) in [6.45, 7) is 0. The van der Waals surface area contributed by atoms with Crippen LogP contribution in [0.4, 0.5) is 0 Å². The van der Waals surface area contributed by atoms with Crippen molar-refractivity contribution in [3.05, 3.63) is 34.3 Å². The number of aromatic nitrogens is 1. The fourth-order valence-corrected chi connectivity index (χ4v) is 2.19. The second-order valence-electron chi connectivity index (χ2n) is 4.90. The van der Waals surface area contributed by atoms with Crippen molar-refractivity contribution in [3.63, 3.8) is 0 Å². The molecule has 2 rings (SSSR count). The number of hydrogen-bond acceptors (Lipinski definition) is 4. The zero-order valence-electron chi connectivity index (χ0n) is 11.3. The molecule has 3 N–H and O–H groups in total. The molecule has 0 spiro atoms. The van der Waals surface area contributed by atoms with Crippen LogP contribution in [0.1, 0.15) is 37.3 Å². The number of carboxylic acid groups (broad SMARTS) is 1. The minimum Gasteiger partial charge on any atom is -0.481 e. The number of nitrogens with zero attached hydrogens (tertiary/aromatic N) is 1. The average molecular weight is 278 g/mol. The Balaban J connectivity index is 2.05. The number of carbonyl (C=O) groups is 1. The van der Waals surface area contributed by atoms with E-state index in [1.165, 1.54) is 4.57 Å². The van der Waals surface area contributed by atoms with E-state index in [9.17, 15) is 9.59 Å². The molecule has 0 aliphatic rings. The lowest BCUT2D eigenvalue weighted by atomic mass is 10.0. The van der Waals surface area contributed by atoms with Crippen molar-refractivity contribution in [2.75, 3.05) is 0 Å². The first kappa shape index (κ1) is 14.3. The van der Waals surface area contributed by atoms with Gasteiger partial charge >= 0.3 is 11.7 Å². The van der Waals surface area contributed by atoms with E-state index in [0.29, 0.717) is 18.4 Å². The first-order valence-electron chi connectivity index (χ1n) is 6.56. The molecule has 2 aromatic rings. The first-order chi connectivity index (χ1) is 9.49. The van der Waals surface area contributed by atoms with Gasteiger partial charge in [-0.25, -0.2) is 4.79 Å². The Morgan fingerprint density at radius 2 is 2.20 bits per heavy atom. The van der Waals surface area contributed by atoms with Crippen LogP contribution >= 0.6 is 0 Å². The number of hydrogen-bond donors (Lipinski definition) is 2. The quantitative estimate of drug-likeness (QED) is 0.785. The molecule has 0 aliphatic heterocycles. The third-order valence-corrected chi connectivity index (χ3v) is 3.40. The Kier molecular flexibility index (Phi) is 4.24. The van der Waals surface area contributed by atoms with Crippen LogP contribution in [0.25, 0.3) is 11.1 Å². The van der Waals surface area contributed by atoms with E-state index in [2.05, 4.69) is 0 Å². The summed E-state index contributed by atoms with van der Waals surface area (Å²) in [6, 6.07) is 5.28. The van der Waals surface area contributed by atoms with Gasteiger partial charge in [0.05, 0.1) is 5.52 Å². The van der Waals surface area contributed by atoms with Crippen LogP contribution < -0.4 is 11.5 Å². The van der Waals surface area contributed by atoms with E-state index < -0.39 is 11.7 Å². The molecular formula is C14H18N2O4. The summed E-state index contributed by atoms with van der Waals surface area (Å²) >= 11 is 0. The lowest BCUT2D eigenvalue weighted by Gasteiger charge is -2.11. The lowest BCUT2D eigenvalue weighted by Crippen LogP contribution is -2.10. The number of aryl methyl sites for hydroxylation is 1. The maximum Gasteiger partial charge on any atom is 0.419 e. The molecule has 108 valence electrons. The molecule has 1 aromatic carbocycles. The number of fused-ring (bicyclic) bond motifs is 1. The largest absolute Gasteiger partial charge is 0.481 e. The highest BCUT2D eigenvalue weighted by Crippen LogP contribution is 2.21. The van der Waals surface area contributed by atoms with Crippen LogP contribution in [0.5, 0.6) is 0 Å². The van der Waals surface area contributed by atoms with E-state index >= 15 is 0 Å². The predicted molar refractivity (Wildman–Crippen MR) is 74.5 cm³/mol. The monoisotopic (exact) mass is 278 g/mol. The predicted octanol–water partition coefficient (Wildman–Crippen LogP) is 1.78. The van der Waals surface area contributed by atoms with Crippen molar-refractivity contribution in [2.24, 2.45) is 12.8 Å². The topological polar surface area (TPSA) is 98.5 Å². The highest BCUT2D eigenvalue weighted by molar-refractivity contribution is 5.73. The summed E-state index contributed by atoms with van der Waals surface area (Å²) in [6.07, 6.45) is 2.24. The molecule has 20 heavy (non-hydrogen) atoms. The smallest absolute Gasteiger partial charge is 0.419 e.